The lowest BCUT2D eigenvalue weighted by Gasteiger charge is -2.56. The third kappa shape index (κ3) is 2.79. The Balaban J connectivity index is 1.53. The topological polar surface area (TPSA) is 56.9 Å². The van der Waals surface area contributed by atoms with Gasteiger partial charge in [0.25, 0.3) is 0 Å². The van der Waals surface area contributed by atoms with Crippen LogP contribution in [0.1, 0.15) is 31.4 Å². The van der Waals surface area contributed by atoms with E-state index in [9.17, 15) is 9.90 Å². The molecule has 23 heavy (non-hydrogen) atoms. The van der Waals surface area contributed by atoms with E-state index in [0.717, 1.165) is 44.7 Å². The van der Waals surface area contributed by atoms with Crippen molar-refractivity contribution >= 4 is 17.5 Å². The van der Waals surface area contributed by atoms with Crippen LogP contribution in [-0.4, -0.2) is 52.6 Å². The molecule has 1 N–H and O–H groups in total. The van der Waals surface area contributed by atoms with Gasteiger partial charge in [-0.15, -0.1) is 0 Å². The third-order valence-corrected chi connectivity index (χ3v) is 5.97. The number of fused-ring (bicyclic) bond motifs is 4. The van der Waals surface area contributed by atoms with Gasteiger partial charge in [-0.3, -0.25) is 9.69 Å². The van der Waals surface area contributed by atoms with Crippen molar-refractivity contribution in [2.24, 2.45) is 11.8 Å². The fraction of sp³-hybridized carbons (Fsp3) is 0.706. The number of hydrogen-bond acceptors (Lipinski definition) is 4. The molecule has 3 saturated heterocycles. The Morgan fingerprint density at radius 3 is 2.87 bits per heavy atom. The smallest absolute Gasteiger partial charge is 0.223 e. The molecule has 3 aliphatic rings. The number of carbonyl (C=O) groups is 1. The summed E-state index contributed by atoms with van der Waals surface area (Å²) in [6.45, 7) is 2.70. The van der Waals surface area contributed by atoms with Crippen LogP contribution in [0.2, 0.25) is 5.22 Å². The molecule has 2 bridgehead atoms. The van der Waals surface area contributed by atoms with Gasteiger partial charge < -0.3 is 14.4 Å². The lowest BCUT2D eigenvalue weighted by Crippen LogP contribution is -2.65. The lowest BCUT2D eigenvalue weighted by atomic mass is 9.72. The number of rotatable bonds is 3. The SMILES string of the molecule is O=C1CCC[C@H]2[C@@H]3C[C@@H](CN(Cc4ccc(Cl)o4)C3)[C@H](CO)N12. The van der Waals surface area contributed by atoms with Crippen molar-refractivity contribution in [3.8, 4) is 0 Å². The van der Waals surface area contributed by atoms with Gasteiger partial charge in [0, 0.05) is 25.6 Å². The van der Waals surface area contributed by atoms with Crippen molar-refractivity contribution in [2.45, 2.75) is 44.3 Å². The highest BCUT2D eigenvalue weighted by Crippen LogP contribution is 2.41. The normalized spacial score (nSPS) is 34.5. The predicted octanol–water partition coefficient (Wildman–Crippen LogP) is 2.13. The molecule has 1 aromatic heterocycles. The van der Waals surface area contributed by atoms with E-state index in [0.29, 0.717) is 29.5 Å². The third-order valence-electron chi connectivity index (χ3n) is 5.77. The number of aliphatic hydroxyl groups excluding tert-OH is 1. The number of aliphatic hydroxyl groups is 1. The minimum Gasteiger partial charge on any atom is -0.448 e. The largest absolute Gasteiger partial charge is 0.448 e. The minimum absolute atomic E-state index is 0.0213. The van der Waals surface area contributed by atoms with Gasteiger partial charge in [-0.25, -0.2) is 0 Å². The summed E-state index contributed by atoms with van der Waals surface area (Å²) in [6, 6.07) is 3.98. The summed E-state index contributed by atoms with van der Waals surface area (Å²) in [5, 5.41) is 10.3. The number of hydrogen-bond donors (Lipinski definition) is 1. The first-order valence-electron chi connectivity index (χ1n) is 8.54. The molecule has 0 aromatic carbocycles. The van der Waals surface area contributed by atoms with Crippen molar-refractivity contribution in [3.63, 3.8) is 0 Å². The average molecular weight is 339 g/mol. The van der Waals surface area contributed by atoms with Gasteiger partial charge >= 0.3 is 0 Å². The van der Waals surface area contributed by atoms with Crippen LogP contribution in [0, 0.1) is 11.8 Å². The molecule has 1 aromatic rings. The molecule has 126 valence electrons. The monoisotopic (exact) mass is 338 g/mol. The Hall–Kier alpha value is -1.04. The predicted molar refractivity (Wildman–Crippen MR) is 86.0 cm³/mol. The van der Waals surface area contributed by atoms with Crippen molar-refractivity contribution in [1.29, 1.82) is 0 Å². The van der Waals surface area contributed by atoms with Gasteiger partial charge in [0.2, 0.25) is 5.91 Å². The van der Waals surface area contributed by atoms with E-state index in [1.165, 1.54) is 0 Å². The number of likely N-dealkylation sites (tertiary alicyclic amines) is 1. The zero-order chi connectivity index (χ0) is 16.0. The summed E-state index contributed by atoms with van der Waals surface area (Å²) in [5.74, 6) is 1.97. The number of halogens is 1. The van der Waals surface area contributed by atoms with E-state index in [-0.39, 0.29) is 18.6 Å². The second-order valence-corrected chi connectivity index (χ2v) is 7.54. The molecule has 6 heteroatoms. The number of amides is 1. The van der Waals surface area contributed by atoms with E-state index in [4.69, 9.17) is 16.0 Å². The van der Waals surface area contributed by atoms with Crippen LogP contribution < -0.4 is 0 Å². The van der Waals surface area contributed by atoms with Crippen LogP contribution in [0.3, 0.4) is 0 Å². The summed E-state index contributed by atoms with van der Waals surface area (Å²) in [6.07, 6.45) is 3.81. The van der Waals surface area contributed by atoms with Gasteiger partial charge in [-0.1, -0.05) is 0 Å². The minimum atomic E-state index is -0.0213. The fourth-order valence-corrected chi connectivity index (χ4v) is 5.06. The van der Waals surface area contributed by atoms with Crippen LogP contribution in [0.25, 0.3) is 0 Å². The summed E-state index contributed by atoms with van der Waals surface area (Å²) >= 11 is 5.86. The Bertz CT molecular complexity index is 576. The highest BCUT2D eigenvalue weighted by molar-refractivity contribution is 6.28. The highest BCUT2D eigenvalue weighted by atomic mass is 35.5. The highest BCUT2D eigenvalue weighted by Gasteiger charge is 2.49. The van der Waals surface area contributed by atoms with Crippen LogP contribution in [0.15, 0.2) is 16.5 Å². The Kier molecular flexibility index (Phi) is 4.12. The second kappa shape index (κ2) is 6.11. The first kappa shape index (κ1) is 15.5. The van der Waals surface area contributed by atoms with Crippen molar-refractivity contribution in [3.05, 3.63) is 23.1 Å². The van der Waals surface area contributed by atoms with Crippen LogP contribution in [0.5, 0.6) is 0 Å². The molecular formula is C17H23ClN2O3. The molecule has 0 radical (unpaired) electrons. The quantitative estimate of drug-likeness (QED) is 0.917. The van der Waals surface area contributed by atoms with E-state index < -0.39 is 0 Å². The molecule has 3 fully saturated rings. The van der Waals surface area contributed by atoms with Crippen molar-refractivity contribution in [2.75, 3.05) is 19.7 Å². The molecule has 0 saturated carbocycles. The van der Waals surface area contributed by atoms with E-state index >= 15 is 0 Å². The molecule has 0 unspecified atom stereocenters. The zero-order valence-electron chi connectivity index (χ0n) is 13.2. The van der Waals surface area contributed by atoms with E-state index in [2.05, 4.69) is 4.90 Å². The average Bonchev–Trinajstić information content (AvgIpc) is 2.93. The molecule has 3 aliphatic heterocycles. The number of carbonyl (C=O) groups excluding carboxylic acids is 1. The molecule has 4 heterocycles. The summed E-state index contributed by atoms with van der Waals surface area (Å²) < 4.78 is 5.50. The van der Waals surface area contributed by atoms with Gasteiger partial charge in [0.1, 0.15) is 5.76 Å². The Morgan fingerprint density at radius 2 is 2.13 bits per heavy atom. The number of nitrogens with zero attached hydrogens (tertiary/aromatic N) is 2. The maximum atomic E-state index is 12.4. The maximum absolute atomic E-state index is 12.4. The fourth-order valence-electron chi connectivity index (χ4n) is 4.89. The van der Waals surface area contributed by atoms with Gasteiger partial charge in [0.05, 0.1) is 19.2 Å². The number of furan rings is 1. The molecule has 4 rings (SSSR count). The molecule has 5 nitrogen and oxygen atoms in total. The molecule has 0 aliphatic carbocycles. The van der Waals surface area contributed by atoms with E-state index in [1.54, 1.807) is 6.07 Å². The van der Waals surface area contributed by atoms with Gasteiger partial charge in [0.15, 0.2) is 5.22 Å². The van der Waals surface area contributed by atoms with Gasteiger partial charge in [-0.2, -0.15) is 0 Å². The zero-order valence-corrected chi connectivity index (χ0v) is 13.9. The first-order chi connectivity index (χ1) is 11.2. The van der Waals surface area contributed by atoms with Crippen LogP contribution in [0.4, 0.5) is 0 Å². The summed E-state index contributed by atoms with van der Waals surface area (Å²) in [5.41, 5.74) is 0. The molecule has 0 spiro atoms. The van der Waals surface area contributed by atoms with Crippen molar-refractivity contribution < 1.29 is 14.3 Å². The van der Waals surface area contributed by atoms with Gasteiger partial charge in [-0.05, 0) is 54.8 Å². The summed E-state index contributed by atoms with van der Waals surface area (Å²) in [7, 11) is 0. The second-order valence-electron chi connectivity index (χ2n) is 7.17. The molecule has 4 atom stereocenters. The summed E-state index contributed by atoms with van der Waals surface area (Å²) in [4.78, 5) is 16.8. The van der Waals surface area contributed by atoms with E-state index in [1.807, 2.05) is 11.0 Å². The maximum Gasteiger partial charge on any atom is 0.223 e. The Labute approximate surface area is 141 Å². The molecular weight excluding hydrogens is 316 g/mol. The number of piperidine rings is 3. The first-order valence-corrected chi connectivity index (χ1v) is 8.92. The van der Waals surface area contributed by atoms with Crippen LogP contribution in [-0.2, 0) is 11.3 Å². The Morgan fingerprint density at radius 1 is 1.30 bits per heavy atom. The van der Waals surface area contributed by atoms with Crippen molar-refractivity contribution in [1.82, 2.24) is 9.80 Å². The van der Waals surface area contributed by atoms with Crippen LogP contribution >= 0.6 is 11.6 Å². The molecule has 1 amide bonds. The lowest BCUT2D eigenvalue weighted by molar-refractivity contribution is -0.155. The standard InChI is InChI=1S/C17H23ClN2O3/c18-16-5-4-13(23-16)9-19-7-11-6-12(8-19)15(10-21)20-14(11)2-1-3-17(20)22/h4-5,11-12,14-15,21H,1-3,6-10H2/t11-,12+,14+,15+/m1/s1.